The Bertz CT molecular complexity index is 1410. The number of anilines is 1. The summed E-state index contributed by atoms with van der Waals surface area (Å²) in [4.78, 5) is 17.4. The summed E-state index contributed by atoms with van der Waals surface area (Å²) in [6.45, 7) is 0. The fourth-order valence-corrected chi connectivity index (χ4v) is 5.81. The highest BCUT2D eigenvalue weighted by molar-refractivity contribution is 7.89. The summed E-state index contributed by atoms with van der Waals surface area (Å²) >= 11 is 1.34. The van der Waals surface area contributed by atoms with Gasteiger partial charge in [0.2, 0.25) is 10.0 Å². The summed E-state index contributed by atoms with van der Waals surface area (Å²) in [6, 6.07) is 24.4. The van der Waals surface area contributed by atoms with E-state index in [9.17, 15) is 13.2 Å². The average molecular weight is 490 g/mol. The molecule has 1 fully saturated rings. The minimum atomic E-state index is -3.53. The molecule has 1 saturated carbocycles. The van der Waals surface area contributed by atoms with Gasteiger partial charge in [-0.05, 0) is 48.2 Å². The molecule has 4 aromatic rings. The second-order valence-corrected chi connectivity index (χ2v) is 11.1. The van der Waals surface area contributed by atoms with E-state index in [0.717, 1.165) is 35.2 Å². The number of nitrogens with zero attached hydrogens (tertiary/aromatic N) is 2. The molecule has 1 aliphatic rings. The third-order valence-electron chi connectivity index (χ3n) is 5.87. The van der Waals surface area contributed by atoms with Gasteiger partial charge in [-0.1, -0.05) is 54.6 Å². The minimum Gasteiger partial charge on any atom is -0.298 e. The van der Waals surface area contributed by atoms with Crippen LogP contribution >= 0.6 is 11.3 Å². The normalized spacial score (nSPS) is 13.7. The molecular formula is C26H23N3O3S2. The van der Waals surface area contributed by atoms with Crippen LogP contribution in [0.25, 0.3) is 22.4 Å². The van der Waals surface area contributed by atoms with Gasteiger partial charge in [-0.2, -0.15) is 4.31 Å². The van der Waals surface area contributed by atoms with Crippen molar-refractivity contribution in [3.05, 3.63) is 89.8 Å². The number of carbonyl (C=O) groups excluding carboxylic acids is 1. The topological polar surface area (TPSA) is 79.4 Å². The standard InChI is InChI=1S/C26H23N3O3S2/c1-29(22-13-14-22)34(31,32)23-15-11-21(12-16-23)25(30)28-26-27-24(17-33-26)20-9-7-19(8-10-20)18-5-3-2-4-6-18/h2-12,15-17,22H,13-14H2,1H3,(H,27,28,30). The molecule has 0 aliphatic heterocycles. The number of benzene rings is 3. The van der Waals surface area contributed by atoms with Gasteiger partial charge >= 0.3 is 0 Å². The van der Waals surface area contributed by atoms with Crippen LogP contribution in [0.1, 0.15) is 23.2 Å². The molecule has 6 nitrogen and oxygen atoms in total. The number of aromatic nitrogens is 1. The first-order valence-electron chi connectivity index (χ1n) is 10.9. The maximum absolute atomic E-state index is 12.7. The fraction of sp³-hybridized carbons (Fsp3) is 0.154. The predicted molar refractivity (Wildman–Crippen MR) is 135 cm³/mol. The molecule has 0 bridgehead atoms. The summed E-state index contributed by atoms with van der Waals surface area (Å²) in [6.07, 6.45) is 1.78. The summed E-state index contributed by atoms with van der Waals surface area (Å²) in [5.41, 5.74) is 4.40. The molecule has 172 valence electrons. The first-order chi connectivity index (χ1) is 16.4. The summed E-state index contributed by atoms with van der Waals surface area (Å²) in [7, 11) is -1.93. The minimum absolute atomic E-state index is 0.0848. The monoisotopic (exact) mass is 489 g/mol. The van der Waals surface area contributed by atoms with Gasteiger partial charge in [0.15, 0.2) is 5.13 Å². The van der Waals surface area contributed by atoms with Crippen LogP contribution in [-0.2, 0) is 10.0 Å². The maximum Gasteiger partial charge on any atom is 0.257 e. The van der Waals surface area contributed by atoms with Gasteiger partial charge in [0.25, 0.3) is 5.91 Å². The molecule has 5 rings (SSSR count). The highest BCUT2D eigenvalue weighted by Crippen LogP contribution is 2.31. The second-order valence-electron chi connectivity index (χ2n) is 8.21. The first kappa shape index (κ1) is 22.5. The second kappa shape index (κ2) is 9.13. The lowest BCUT2D eigenvalue weighted by Gasteiger charge is -2.16. The van der Waals surface area contributed by atoms with Crippen molar-refractivity contribution in [1.29, 1.82) is 0 Å². The zero-order chi connectivity index (χ0) is 23.7. The van der Waals surface area contributed by atoms with Crippen LogP contribution in [0.2, 0.25) is 0 Å². The largest absolute Gasteiger partial charge is 0.298 e. The van der Waals surface area contributed by atoms with E-state index in [-0.39, 0.29) is 16.8 Å². The van der Waals surface area contributed by atoms with Crippen molar-refractivity contribution in [2.75, 3.05) is 12.4 Å². The molecule has 8 heteroatoms. The molecule has 34 heavy (non-hydrogen) atoms. The van der Waals surface area contributed by atoms with Crippen molar-refractivity contribution >= 4 is 32.4 Å². The molecule has 1 aliphatic carbocycles. The van der Waals surface area contributed by atoms with Crippen LogP contribution in [-0.4, -0.2) is 36.7 Å². The molecule has 3 aromatic carbocycles. The summed E-state index contributed by atoms with van der Waals surface area (Å²) in [5.74, 6) is -0.333. The van der Waals surface area contributed by atoms with Crippen molar-refractivity contribution in [3.8, 4) is 22.4 Å². The van der Waals surface area contributed by atoms with Crippen molar-refractivity contribution in [2.45, 2.75) is 23.8 Å². The number of amides is 1. The van der Waals surface area contributed by atoms with Gasteiger partial charge in [-0.25, -0.2) is 13.4 Å². The number of carbonyl (C=O) groups is 1. The highest BCUT2D eigenvalue weighted by Gasteiger charge is 2.35. The molecule has 0 saturated heterocycles. The van der Waals surface area contributed by atoms with E-state index in [1.54, 1.807) is 7.05 Å². The van der Waals surface area contributed by atoms with Crippen LogP contribution in [0, 0.1) is 0 Å². The SMILES string of the molecule is CN(C1CC1)S(=O)(=O)c1ccc(C(=O)Nc2nc(-c3ccc(-c4ccccc4)cc3)cs2)cc1. The first-order valence-corrected chi connectivity index (χ1v) is 13.2. The number of hydrogen-bond acceptors (Lipinski definition) is 5. The number of sulfonamides is 1. The van der Waals surface area contributed by atoms with E-state index in [0.29, 0.717) is 10.7 Å². The molecule has 1 heterocycles. The number of rotatable bonds is 7. The van der Waals surface area contributed by atoms with Crippen LogP contribution < -0.4 is 5.32 Å². The van der Waals surface area contributed by atoms with E-state index >= 15 is 0 Å². The maximum atomic E-state index is 12.7. The molecule has 1 aromatic heterocycles. The molecule has 1 N–H and O–H groups in total. The molecule has 0 unspecified atom stereocenters. The van der Waals surface area contributed by atoms with Crippen molar-refractivity contribution in [1.82, 2.24) is 9.29 Å². The van der Waals surface area contributed by atoms with Gasteiger partial charge in [0, 0.05) is 29.6 Å². The third-order valence-corrected chi connectivity index (χ3v) is 8.55. The van der Waals surface area contributed by atoms with Crippen LogP contribution in [0.5, 0.6) is 0 Å². The molecule has 0 atom stereocenters. The summed E-state index contributed by atoms with van der Waals surface area (Å²) < 4.78 is 26.7. The fourth-order valence-electron chi connectivity index (χ4n) is 3.68. The lowest BCUT2D eigenvalue weighted by atomic mass is 10.0. The van der Waals surface area contributed by atoms with Gasteiger partial charge < -0.3 is 0 Å². The Hall–Kier alpha value is -3.33. The Morgan fingerprint density at radius 2 is 1.53 bits per heavy atom. The molecule has 0 radical (unpaired) electrons. The lowest BCUT2D eigenvalue weighted by molar-refractivity contribution is 0.102. The zero-order valence-electron chi connectivity index (χ0n) is 18.5. The van der Waals surface area contributed by atoms with Crippen molar-refractivity contribution in [3.63, 3.8) is 0 Å². The third kappa shape index (κ3) is 4.65. The average Bonchev–Trinajstić information content (AvgIpc) is 3.62. The van der Waals surface area contributed by atoms with Crippen LogP contribution in [0.15, 0.2) is 89.1 Å². The Balaban J connectivity index is 1.26. The number of hydrogen-bond donors (Lipinski definition) is 1. The smallest absolute Gasteiger partial charge is 0.257 e. The Labute approximate surface area is 203 Å². The lowest BCUT2D eigenvalue weighted by Crippen LogP contribution is -2.29. The highest BCUT2D eigenvalue weighted by atomic mass is 32.2. The van der Waals surface area contributed by atoms with Gasteiger partial charge in [0.1, 0.15) is 0 Å². The van der Waals surface area contributed by atoms with Gasteiger partial charge in [-0.15, -0.1) is 11.3 Å². The summed E-state index contributed by atoms with van der Waals surface area (Å²) in [5, 5.41) is 5.19. The number of nitrogens with one attached hydrogen (secondary N) is 1. The van der Waals surface area contributed by atoms with Gasteiger partial charge in [0.05, 0.1) is 10.6 Å². The molecule has 0 spiro atoms. The predicted octanol–water partition coefficient (Wildman–Crippen LogP) is 5.51. The zero-order valence-corrected chi connectivity index (χ0v) is 20.1. The van der Waals surface area contributed by atoms with E-state index in [1.807, 2.05) is 35.7 Å². The van der Waals surface area contributed by atoms with Crippen molar-refractivity contribution < 1.29 is 13.2 Å². The van der Waals surface area contributed by atoms with Crippen LogP contribution in [0.4, 0.5) is 5.13 Å². The molecule has 1 amide bonds. The van der Waals surface area contributed by atoms with Crippen molar-refractivity contribution in [2.24, 2.45) is 0 Å². The Kier molecular flexibility index (Phi) is 6.03. The Morgan fingerprint density at radius 3 is 2.18 bits per heavy atom. The van der Waals surface area contributed by atoms with E-state index in [2.05, 4.69) is 34.6 Å². The molecular weight excluding hydrogens is 466 g/mol. The van der Waals surface area contributed by atoms with E-state index in [1.165, 1.54) is 39.9 Å². The number of thiazole rings is 1. The van der Waals surface area contributed by atoms with E-state index < -0.39 is 10.0 Å². The van der Waals surface area contributed by atoms with Crippen LogP contribution in [0.3, 0.4) is 0 Å². The van der Waals surface area contributed by atoms with Gasteiger partial charge in [-0.3, -0.25) is 10.1 Å². The Morgan fingerprint density at radius 1 is 0.912 bits per heavy atom. The quantitative estimate of drug-likeness (QED) is 0.371. The van der Waals surface area contributed by atoms with E-state index in [4.69, 9.17) is 0 Å².